The summed E-state index contributed by atoms with van der Waals surface area (Å²) < 4.78 is 5.10. The Morgan fingerprint density at radius 3 is 2.42 bits per heavy atom. The molecule has 1 aromatic heterocycles. The largest absolute Gasteiger partial charge is 0.462 e. The van der Waals surface area contributed by atoms with Crippen LogP contribution in [0.3, 0.4) is 0 Å². The Kier molecular flexibility index (Phi) is 7.41. The summed E-state index contributed by atoms with van der Waals surface area (Å²) in [6, 6.07) is 11.6. The van der Waals surface area contributed by atoms with Crippen LogP contribution in [0.2, 0.25) is 5.02 Å². The number of benzene rings is 2. The first-order valence-corrected chi connectivity index (χ1v) is 10.8. The zero-order chi connectivity index (χ0) is 24.1. The highest BCUT2D eigenvalue weighted by Crippen LogP contribution is 2.35. The van der Waals surface area contributed by atoms with Crippen LogP contribution < -0.4 is 10.6 Å². The molecular weight excluding hydrogens is 470 g/mol. The van der Waals surface area contributed by atoms with Crippen molar-refractivity contribution in [2.24, 2.45) is 0 Å². The number of ether oxygens (including phenoxy) is 1. The van der Waals surface area contributed by atoms with Gasteiger partial charge in [0.25, 0.3) is 17.5 Å². The van der Waals surface area contributed by atoms with Crippen molar-refractivity contribution in [2.75, 3.05) is 17.2 Å². The number of carbonyl (C=O) groups is 3. The SMILES string of the molecule is CCOC(=O)c1c(NC(=O)c2ccc(Cl)cc2)sc(C(=O)Nc2cccc([N+](=O)[O-])c2)c1C. The quantitative estimate of drug-likeness (QED) is 0.264. The van der Waals surface area contributed by atoms with Crippen molar-refractivity contribution in [3.05, 3.63) is 85.2 Å². The Bertz CT molecular complexity index is 1240. The van der Waals surface area contributed by atoms with E-state index in [1.165, 1.54) is 36.4 Å². The average Bonchev–Trinajstić information content (AvgIpc) is 3.10. The Morgan fingerprint density at radius 2 is 1.79 bits per heavy atom. The van der Waals surface area contributed by atoms with Gasteiger partial charge in [0.15, 0.2) is 0 Å². The molecule has 0 atom stereocenters. The highest BCUT2D eigenvalue weighted by atomic mass is 35.5. The third kappa shape index (κ3) is 5.54. The number of anilines is 2. The molecule has 2 amide bonds. The number of esters is 1. The maximum atomic E-state index is 12.9. The molecule has 9 nitrogen and oxygen atoms in total. The number of carbonyl (C=O) groups excluding carboxylic acids is 3. The molecule has 0 radical (unpaired) electrons. The maximum Gasteiger partial charge on any atom is 0.341 e. The predicted octanol–water partition coefficient (Wildman–Crippen LogP) is 5.30. The van der Waals surface area contributed by atoms with Crippen LogP contribution >= 0.6 is 22.9 Å². The number of thiophene rings is 1. The van der Waals surface area contributed by atoms with Gasteiger partial charge in [-0.05, 0) is 49.7 Å². The second-order valence-corrected chi connectivity index (χ2v) is 8.16. The van der Waals surface area contributed by atoms with E-state index in [0.29, 0.717) is 16.1 Å². The standard InChI is InChI=1S/C22H18ClN3O6S/c1-3-32-22(29)17-12(2)18(20(28)24-15-5-4-6-16(11-15)26(30)31)33-21(17)25-19(27)13-7-9-14(23)10-8-13/h4-11H,3H2,1-2H3,(H,24,28)(H,25,27). The van der Waals surface area contributed by atoms with Crippen molar-refractivity contribution in [3.63, 3.8) is 0 Å². The Morgan fingerprint density at radius 1 is 1.09 bits per heavy atom. The van der Waals surface area contributed by atoms with Gasteiger partial charge in [0, 0.05) is 28.4 Å². The molecule has 3 aromatic rings. The van der Waals surface area contributed by atoms with E-state index in [1.54, 1.807) is 26.0 Å². The van der Waals surface area contributed by atoms with Crippen LogP contribution in [0, 0.1) is 17.0 Å². The van der Waals surface area contributed by atoms with E-state index in [-0.39, 0.29) is 33.4 Å². The van der Waals surface area contributed by atoms with Crippen LogP contribution in [-0.2, 0) is 4.74 Å². The van der Waals surface area contributed by atoms with Gasteiger partial charge in [0.05, 0.1) is 22.0 Å². The topological polar surface area (TPSA) is 128 Å². The molecule has 0 fully saturated rings. The van der Waals surface area contributed by atoms with Gasteiger partial charge in [-0.1, -0.05) is 17.7 Å². The predicted molar refractivity (Wildman–Crippen MR) is 125 cm³/mol. The van der Waals surface area contributed by atoms with E-state index >= 15 is 0 Å². The smallest absolute Gasteiger partial charge is 0.341 e. The fourth-order valence-corrected chi connectivity index (χ4v) is 4.14. The lowest BCUT2D eigenvalue weighted by Crippen LogP contribution is -2.15. The van der Waals surface area contributed by atoms with Gasteiger partial charge in [0.1, 0.15) is 5.00 Å². The van der Waals surface area contributed by atoms with Gasteiger partial charge in [-0.15, -0.1) is 11.3 Å². The van der Waals surface area contributed by atoms with Crippen LogP contribution in [-0.4, -0.2) is 29.3 Å². The molecule has 0 aliphatic rings. The van der Waals surface area contributed by atoms with Gasteiger partial charge < -0.3 is 15.4 Å². The van der Waals surface area contributed by atoms with E-state index in [2.05, 4.69) is 10.6 Å². The lowest BCUT2D eigenvalue weighted by molar-refractivity contribution is -0.384. The third-order valence-electron chi connectivity index (χ3n) is 4.48. The number of non-ortho nitro benzene ring substituents is 1. The van der Waals surface area contributed by atoms with Gasteiger partial charge in [-0.25, -0.2) is 4.79 Å². The number of rotatable bonds is 7. The minimum atomic E-state index is -0.688. The number of nitro groups is 1. The second kappa shape index (κ2) is 10.2. The molecule has 0 saturated heterocycles. The van der Waals surface area contributed by atoms with Crippen LogP contribution in [0.4, 0.5) is 16.4 Å². The summed E-state index contributed by atoms with van der Waals surface area (Å²) in [6.07, 6.45) is 0. The maximum absolute atomic E-state index is 12.9. The van der Waals surface area contributed by atoms with E-state index in [1.807, 2.05) is 0 Å². The first-order chi connectivity index (χ1) is 15.7. The van der Waals surface area contributed by atoms with Gasteiger partial charge in [-0.3, -0.25) is 19.7 Å². The number of nitro benzene ring substituents is 1. The minimum absolute atomic E-state index is 0.0633. The Balaban J connectivity index is 1.93. The van der Waals surface area contributed by atoms with Crippen molar-refractivity contribution < 1.29 is 24.0 Å². The minimum Gasteiger partial charge on any atom is -0.462 e. The number of halogens is 1. The van der Waals surface area contributed by atoms with Gasteiger partial charge >= 0.3 is 5.97 Å². The number of nitrogens with one attached hydrogen (secondary N) is 2. The van der Waals surface area contributed by atoms with Crippen molar-refractivity contribution in [3.8, 4) is 0 Å². The fraction of sp³-hybridized carbons (Fsp3) is 0.136. The molecule has 11 heteroatoms. The number of hydrogen-bond acceptors (Lipinski definition) is 7. The average molecular weight is 488 g/mol. The lowest BCUT2D eigenvalue weighted by Gasteiger charge is -2.07. The monoisotopic (exact) mass is 487 g/mol. The van der Waals surface area contributed by atoms with Crippen molar-refractivity contribution in [2.45, 2.75) is 13.8 Å². The summed E-state index contributed by atoms with van der Waals surface area (Å²) in [5.74, 6) is -1.77. The summed E-state index contributed by atoms with van der Waals surface area (Å²) >= 11 is 6.76. The molecule has 170 valence electrons. The number of amides is 2. The molecule has 0 spiro atoms. The lowest BCUT2D eigenvalue weighted by atomic mass is 10.1. The van der Waals surface area contributed by atoms with Crippen LogP contribution in [0.5, 0.6) is 0 Å². The molecule has 2 N–H and O–H groups in total. The first kappa shape index (κ1) is 23.9. The molecule has 3 rings (SSSR count). The highest BCUT2D eigenvalue weighted by molar-refractivity contribution is 7.19. The zero-order valence-electron chi connectivity index (χ0n) is 17.5. The molecule has 33 heavy (non-hydrogen) atoms. The number of nitrogens with zero attached hydrogens (tertiary/aromatic N) is 1. The molecular formula is C22H18ClN3O6S. The zero-order valence-corrected chi connectivity index (χ0v) is 19.1. The molecule has 0 unspecified atom stereocenters. The molecule has 1 heterocycles. The fourth-order valence-electron chi connectivity index (χ4n) is 2.93. The van der Waals surface area contributed by atoms with Crippen molar-refractivity contribution >= 4 is 57.1 Å². The Hall–Kier alpha value is -3.76. The van der Waals surface area contributed by atoms with Gasteiger partial charge in [-0.2, -0.15) is 0 Å². The normalized spacial score (nSPS) is 10.4. The van der Waals surface area contributed by atoms with E-state index in [4.69, 9.17) is 16.3 Å². The Labute approximate surface area is 197 Å². The van der Waals surface area contributed by atoms with E-state index in [0.717, 1.165) is 11.3 Å². The highest BCUT2D eigenvalue weighted by Gasteiger charge is 2.27. The molecule has 0 aliphatic carbocycles. The summed E-state index contributed by atoms with van der Waals surface area (Å²) in [6.45, 7) is 3.30. The van der Waals surface area contributed by atoms with E-state index < -0.39 is 22.7 Å². The summed E-state index contributed by atoms with van der Waals surface area (Å²) in [7, 11) is 0. The molecule has 0 aliphatic heterocycles. The van der Waals surface area contributed by atoms with Gasteiger partial charge in [0.2, 0.25) is 0 Å². The van der Waals surface area contributed by atoms with Crippen LogP contribution in [0.25, 0.3) is 0 Å². The number of hydrogen-bond donors (Lipinski definition) is 2. The van der Waals surface area contributed by atoms with Crippen molar-refractivity contribution in [1.82, 2.24) is 0 Å². The third-order valence-corrected chi connectivity index (χ3v) is 5.94. The van der Waals surface area contributed by atoms with E-state index in [9.17, 15) is 24.5 Å². The first-order valence-electron chi connectivity index (χ1n) is 9.64. The second-order valence-electron chi connectivity index (χ2n) is 6.70. The van der Waals surface area contributed by atoms with Crippen LogP contribution in [0.15, 0.2) is 48.5 Å². The summed E-state index contributed by atoms with van der Waals surface area (Å²) in [5.41, 5.74) is 0.717. The molecule has 0 bridgehead atoms. The van der Waals surface area contributed by atoms with Crippen molar-refractivity contribution in [1.29, 1.82) is 0 Å². The molecule has 0 saturated carbocycles. The molecule has 2 aromatic carbocycles. The summed E-state index contributed by atoms with van der Waals surface area (Å²) in [4.78, 5) is 48.7. The summed E-state index contributed by atoms with van der Waals surface area (Å²) in [5, 5.41) is 16.8. The van der Waals surface area contributed by atoms with Crippen LogP contribution in [0.1, 0.15) is 42.9 Å².